The number of carboxylic acid groups (broad SMARTS) is 1. The lowest BCUT2D eigenvalue weighted by molar-refractivity contribution is -0.146. The zero-order valence-electron chi connectivity index (χ0n) is 10.4. The highest BCUT2D eigenvalue weighted by molar-refractivity contribution is 5.78. The number of likely N-dealkylation sites (tertiary alicyclic amines) is 1. The van der Waals surface area contributed by atoms with Crippen molar-refractivity contribution >= 4 is 11.9 Å². The maximum Gasteiger partial charge on any atom is 0.329 e. The van der Waals surface area contributed by atoms with E-state index in [1.807, 2.05) is 14.1 Å². The van der Waals surface area contributed by atoms with Crippen LogP contribution in [0.4, 0.5) is 0 Å². The van der Waals surface area contributed by atoms with Gasteiger partial charge in [-0.3, -0.25) is 4.79 Å². The van der Waals surface area contributed by atoms with Crippen molar-refractivity contribution in [2.75, 3.05) is 40.4 Å². The van der Waals surface area contributed by atoms with Gasteiger partial charge in [-0.05, 0) is 26.9 Å². The van der Waals surface area contributed by atoms with E-state index in [4.69, 9.17) is 9.84 Å². The number of carbonyl (C=O) groups is 2. The van der Waals surface area contributed by atoms with Gasteiger partial charge in [0.15, 0.2) is 0 Å². The van der Waals surface area contributed by atoms with Crippen LogP contribution in [0.15, 0.2) is 0 Å². The third-order valence-electron chi connectivity index (χ3n) is 2.93. The molecule has 0 aromatic rings. The van der Waals surface area contributed by atoms with Crippen LogP contribution >= 0.6 is 0 Å². The van der Waals surface area contributed by atoms with Gasteiger partial charge in [0.05, 0.1) is 0 Å². The minimum atomic E-state index is -1.05. The number of hydrogen-bond acceptors (Lipinski definition) is 4. The van der Waals surface area contributed by atoms with Crippen LogP contribution in [0, 0.1) is 0 Å². The number of hydrogen-bond donors (Lipinski definition) is 1. The van der Waals surface area contributed by atoms with Crippen molar-refractivity contribution in [1.82, 2.24) is 9.80 Å². The van der Waals surface area contributed by atoms with Crippen molar-refractivity contribution in [3.05, 3.63) is 0 Å². The van der Waals surface area contributed by atoms with E-state index in [2.05, 4.69) is 4.90 Å². The molecule has 1 aliphatic rings. The SMILES string of the molecule is CN(C)C1CCCN(C(=O)COCC(=O)O)C1. The van der Waals surface area contributed by atoms with E-state index in [-0.39, 0.29) is 12.5 Å². The Kier molecular flexibility index (Phi) is 5.37. The molecule has 1 heterocycles. The van der Waals surface area contributed by atoms with Gasteiger partial charge in [-0.1, -0.05) is 0 Å². The average Bonchev–Trinajstić information content (AvgIpc) is 2.28. The fourth-order valence-corrected chi connectivity index (χ4v) is 1.92. The lowest BCUT2D eigenvalue weighted by atomic mass is 10.1. The summed E-state index contributed by atoms with van der Waals surface area (Å²) in [4.78, 5) is 25.8. The van der Waals surface area contributed by atoms with Crippen LogP contribution in [-0.4, -0.2) is 73.2 Å². The second-order valence-electron chi connectivity index (χ2n) is 4.49. The van der Waals surface area contributed by atoms with Gasteiger partial charge >= 0.3 is 5.97 Å². The number of likely N-dealkylation sites (N-methyl/N-ethyl adjacent to an activating group) is 1. The minimum Gasteiger partial charge on any atom is -0.480 e. The molecule has 1 unspecified atom stereocenters. The Morgan fingerprint density at radius 2 is 2.12 bits per heavy atom. The molecule has 0 aliphatic carbocycles. The number of carboxylic acids is 1. The zero-order valence-corrected chi connectivity index (χ0v) is 10.4. The molecular weight excluding hydrogens is 224 g/mol. The van der Waals surface area contributed by atoms with Gasteiger partial charge in [-0.2, -0.15) is 0 Å². The van der Waals surface area contributed by atoms with Gasteiger partial charge in [-0.25, -0.2) is 4.79 Å². The van der Waals surface area contributed by atoms with Crippen LogP contribution in [0.5, 0.6) is 0 Å². The third-order valence-corrected chi connectivity index (χ3v) is 2.93. The first-order valence-corrected chi connectivity index (χ1v) is 5.74. The molecule has 0 aromatic heterocycles. The van der Waals surface area contributed by atoms with Crippen LogP contribution < -0.4 is 0 Å². The first-order valence-electron chi connectivity index (χ1n) is 5.74. The fraction of sp³-hybridized carbons (Fsp3) is 0.818. The summed E-state index contributed by atoms with van der Waals surface area (Å²) >= 11 is 0. The fourth-order valence-electron chi connectivity index (χ4n) is 1.92. The predicted octanol–water partition coefficient (Wildman–Crippen LogP) is -0.360. The summed E-state index contributed by atoms with van der Waals surface area (Å²) in [5, 5.41) is 8.39. The van der Waals surface area contributed by atoms with Crippen molar-refractivity contribution < 1.29 is 19.4 Å². The van der Waals surface area contributed by atoms with Crippen molar-refractivity contribution in [2.45, 2.75) is 18.9 Å². The van der Waals surface area contributed by atoms with E-state index in [0.29, 0.717) is 12.6 Å². The normalized spacial score (nSPS) is 20.6. The summed E-state index contributed by atoms with van der Waals surface area (Å²) in [6.07, 6.45) is 2.07. The summed E-state index contributed by atoms with van der Waals surface area (Å²) in [6, 6.07) is 0.382. The lowest BCUT2D eigenvalue weighted by Crippen LogP contribution is -2.48. The molecule has 0 saturated carbocycles. The highest BCUT2D eigenvalue weighted by Gasteiger charge is 2.24. The number of ether oxygens (including phenoxy) is 1. The van der Waals surface area contributed by atoms with Gasteiger partial charge in [0.25, 0.3) is 0 Å². The topological polar surface area (TPSA) is 70.1 Å². The highest BCUT2D eigenvalue weighted by atomic mass is 16.5. The van der Waals surface area contributed by atoms with Gasteiger partial charge in [0.2, 0.25) is 5.91 Å². The molecule has 0 aromatic carbocycles. The molecule has 1 N–H and O–H groups in total. The molecule has 1 rings (SSSR count). The molecule has 0 radical (unpaired) electrons. The Morgan fingerprint density at radius 3 is 2.71 bits per heavy atom. The largest absolute Gasteiger partial charge is 0.480 e. The standard InChI is InChI=1S/C11H20N2O4/c1-12(2)9-4-3-5-13(6-9)10(14)7-17-8-11(15)16/h9H,3-8H2,1-2H3,(H,15,16). The average molecular weight is 244 g/mol. The number of amides is 1. The molecule has 0 bridgehead atoms. The highest BCUT2D eigenvalue weighted by Crippen LogP contribution is 2.13. The van der Waals surface area contributed by atoms with Crippen LogP contribution in [0.3, 0.4) is 0 Å². The Hall–Kier alpha value is -1.14. The summed E-state index contributed by atoms with van der Waals surface area (Å²) in [5.41, 5.74) is 0. The second-order valence-corrected chi connectivity index (χ2v) is 4.49. The summed E-state index contributed by atoms with van der Waals surface area (Å²) in [5.74, 6) is -1.18. The molecule has 0 spiro atoms. The van der Waals surface area contributed by atoms with E-state index in [9.17, 15) is 9.59 Å². The van der Waals surface area contributed by atoms with E-state index in [1.165, 1.54) is 0 Å². The van der Waals surface area contributed by atoms with Gasteiger partial charge in [0.1, 0.15) is 13.2 Å². The zero-order chi connectivity index (χ0) is 12.8. The van der Waals surface area contributed by atoms with Crippen molar-refractivity contribution in [3.8, 4) is 0 Å². The number of aliphatic carboxylic acids is 1. The van der Waals surface area contributed by atoms with Crippen molar-refractivity contribution in [3.63, 3.8) is 0 Å². The smallest absolute Gasteiger partial charge is 0.329 e. The molecule has 17 heavy (non-hydrogen) atoms. The Balaban J connectivity index is 2.33. The van der Waals surface area contributed by atoms with E-state index in [0.717, 1.165) is 19.4 Å². The molecule has 98 valence electrons. The van der Waals surface area contributed by atoms with E-state index >= 15 is 0 Å². The van der Waals surface area contributed by atoms with Crippen LogP contribution in [0.25, 0.3) is 0 Å². The Labute approximate surface area is 101 Å². The lowest BCUT2D eigenvalue weighted by Gasteiger charge is -2.36. The maximum absolute atomic E-state index is 11.7. The van der Waals surface area contributed by atoms with E-state index in [1.54, 1.807) is 4.90 Å². The Bertz CT molecular complexity index is 281. The summed E-state index contributed by atoms with van der Waals surface area (Å²) in [6.45, 7) is 0.866. The quantitative estimate of drug-likeness (QED) is 0.715. The van der Waals surface area contributed by atoms with Crippen LogP contribution in [0.2, 0.25) is 0 Å². The predicted molar refractivity (Wildman–Crippen MR) is 61.7 cm³/mol. The number of piperidine rings is 1. The third kappa shape index (κ3) is 4.70. The molecule has 6 nitrogen and oxygen atoms in total. The van der Waals surface area contributed by atoms with Crippen LogP contribution in [-0.2, 0) is 14.3 Å². The van der Waals surface area contributed by atoms with Crippen LogP contribution in [0.1, 0.15) is 12.8 Å². The van der Waals surface area contributed by atoms with Gasteiger partial charge in [0, 0.05) is 19.1 Å². The maximum atomic E-state index is 11.7. The number of carbonyl (C=O) groups excluding carboxylic acids is 1. The van der Waals surface area contributed by atoms with Crippen molar-refractivity contribution in [2.24, 2.45) is 0 Å². The van der Waals surface area contributed by atoms with E-state index < -0.39 is 12.6 Å². The molecule has 1 fully saturated rings. The number of rotatable bonds is 5. The van der Waals surface area contributed by atoms with Gasteiger partial charge < -0.3 is 19.6 Å². The van der Waals surface area contributed by atoms with Gasteiger partial charge in [-0.15, -0.1) is 0 Å². The molecule has 1 atom stereocenters. The van der Waals surface area contributed by atoms with Crippen molar-refractivity contribution in [1.29, 1.82) is 0 Å². The molecular formula is C11H20N2O4. The first kappa shape index (κ1) is 13.9. The summed E-state index contributed by atoms with van der Waals surface area (Å²) < 4.78 is 4.80. The second kappa shape index (κ2) is 6.56. The first-order chi connectivity index (χ1) is 8.00. The molecule has 1 saturated heterocycles. The minimum absolute atomic E-state index is 0.127. The molecule has 1 amide bonds. The monoisotopic (exact) mass is 244 g/mol. The Morgan fingerprint density at radius 1 is 1.41 bits per heavy atom. The summed E-state index contributed by atoms with van der Waals surface area (Å²) in [7, 11) is 4.00. The number of nitrogens with zero attached hydrogens (tertiary/aromatic N) is 2. The molecule has 6 heteroatoms. The molecule has 1 aliphatic heterocycles.